The van der Waals surface area contributed by atoms with E-state index in [9.17, 15) is 4.79 Å². The number of rotatable bonds is 4. The van der Waals surface area contributed by atoms with E-state index in [1.165, 1.54) is 7.11 Å². The number of carbonyl (C=O) groups is 1. The standard InChI is InChI=1S/C20H26Cl3NO2/c1-18(2,3)15-12-19(21,17(25)26-4)16(20(22,23)13-15)24-11-10-14-8-6-5-7-9-14/h5-9,15H,10-13H2,1-4H3. The number of hydrogen-bond acceptors (Lipinski definition) is 3. The molecule has 2 atom stereocenters. The summed E-state index contributed by atoms with van der Waals surface area (Å²) in [5, 5.41) is 0. The zero-order valence-electron chi connectivity index (χ0n) is 15.7. The Kier molecular flexibility index (Phi) is 6.69. The molecule has 6 heteroatoms. The number of aliphatic imine (C=N–C) groups is 1. The molecule has 3 nitrogen and oxygen atoms in total. The molecule has 1 aromatic carbocycles. The molecule has 1 saturated carbocycles. The maximum Gasteiger partial charge on any atom is 0.332 e. The van der Waals surface area contributed by atoms with Crippen LogP contribution in [-0.4, -0.2) is 34.5 Å². The number of esters is 1. The van der Waals surface area contributed by atoms with Crippen molar-refractivity contribution in [3.63, 3.8) is 0 Å². The molecule has 0 heterocycles. The van der Waals surface area contributed by atoms with Crippen LogP contribution in [0.1, 0.15) is 39.2 Å². The Morgan fingerprint density at radius 1 is 1.19 bits per heavy atom. The minimum absolute atomic E-state index is 0.0576. The minimum Gasteiger partial charge on any atom is -0.467 e. The van der Waals surface area contributed by atoms with Crippen LogP contribution in [0, 0.1) is 11.3 Å². The first-order valence-electron chi connectivity index (χ1n) is 8.75. The van der Waals surface area contributed by atoms with Gasteiger partial charge in [-0.2, -0.15) is 0 Å². The molecule has 144 valence electrons. The second-order valence-electron chi connectivity index (χ2n) is 7.93. The van der Waals surface area contributed by atoms with Crippen molar-refractivity contribution >= 4 is 46.5 Å². The van der Waals surface area contributed by atoms with Crippen molar-refractivity contribution in [1.82, 2.24) is 0 Å². The fraction of sp³-hybridized carbons (Fsp3) is 0.600. The van der Waals surface area contributed by atoms with Crippen LogP contribution in [0.2, 0.25) is 0 Å². The largest absolute Gasteiger partial charge is 0.467 e. The minimum atomic E-state index is -1.44. The maximum atomic E-state index is 12.5. The summed E-state index contributed by atoms with van der Waals surface area (Å²) in [6.07, 6.45) is 1.61. The fourth-order valence-electron chi connectivity index (χ4n) is 3.34. The second kappa shape index (κ2) is 8.08. The molecule has 26 heavy (non-hydrogen) atoms. The third kappa shape index (κ3) is 4.74. The van der Waals surface area contributed by atoms with Gasteiger partial charge in [-0.25, -0.2) is 4.79 Å². The Balaban J connectivity index is 2.33. The second-order valence-corrected chi connectivity index (χ2v) is 10.1. The van der Waals surface area contributed by atoms with Gasteiger partial charge in [0.1, 0.15) is 0 Å². The highest BCUT2D eigenvalue weighted by atomic mass is 35.5. The summed E-state index contributed by atoms with van der Waals surface area (Å²) in [4.78, 5) is 15.7. The summed E-state index contributed by atoms with van der Waals surface area (Å²) in [6.45, 7) is 6.72. The number of methoxy groups -OCH3 is 1. The van der Waals surface area contributed by atoms with Crippen molar-refractivity contribution in [2.45, 2.75) is 49.2 Å². The van der Waals surface area contributed by atoms with Gasteiger partial charge in [-0.3, -0.25) is 4.99 Å². The van der Waals surface area contributed by atoms with Crippen molar-refractivity contribution in [2.24, 2.45) is 16.3 Å². The average molecular weight is 419 g/mol. The lowest BCUT2D eigenvalue weighted by Crippen LogP contribution is -2.57. The van der Waals surface area contributed by atoms with Crippen LogP contribution in [0.25, 0.3) is 0 Å². The summed E-state index contributed by atoms with van der Waals surface area (Å²) >= 11 is 20.1. The van der Waals surface area contributed by atoms with Gasteiger partial charge < -0.3 is 4.74 Å². The zero-order valence-corrected chi connectivity index (χ0v) is 18.0. The third-order valence-electron chi connectivity index (χ3n) is 5.00. The fourth-order valence-corrected chi connectivity index (χ4v) is 4.74. The first-order valence-corrected chi connectivity index (χ1v) is 9.88. The van der Waals surface area contributed by atoms with Gasteiger partial charge in [-0.15, -0.1) is 0 Å². The highest BCUT2D eigenvalue weighted by Crippen LogP contribution is 2.51. The first kappa shape index (κ1) is 21.5. The van der Waals surface area contributed by atoms with Crippen LogP contribution in [0.15, 0.2) is 35.3 Å². The van der Waals surface area contributed by atoms with Crippen molar-refractivity contribution in [3.05, 3.63) is 35.9 Å². The lowest BCUT2D eigenvalue weighted by Gasteiger charge is -2.46. The van der Waals surface area contributed by atoms with Crippen molar-refractivity contribution in [3.8, 4) is 0 Å². The summed E-state index contributed by atoms with van der Waals surface area (Å²) in [6, 6.07) is 9.97. The van der Waals surface area contributed by atoms with Crippen LogP contribution in [0.3, 0.4) is 0 Å². The molecule has 0 saturated heterocycles. The Labute approximate surface area is 171 Å². The molecule has 0 spiro atoms. The molecule has 0 aromatic heterocycles. The van der Waals surface area contributed by atoms with Gasteiger partial charge in [0.05, 0.1) is 12.8 Å². The molecule has 0 radical (unpaired) electrons. The van der Waals surface area contributed by atoms with Gasteiger partial charge in [-0.05, 0) is 36.2 Å². The van der Waals surface area contributed by atoms with Gasteiger partial charge in [0.15, 0.2) is 9.21 Å². The maximum absolute atomic E-state index is 12.5. The molecule has 0 N–H and O–H groups in total. The topological polar surface area (TPSA) is 38.7 Å². The van der Waals surface area contributed by atoms with Crippen molar-refractivity contribution in [1.29, 1.82) is 0 Å². The van der Waals surface area contributed by atoms with E-state index >= 15 is 0 Å². The molecule has 1 aliphatic carbocycles. The zero-order chi connectivity index (χ0) is 19.6. The van der Waals surface area contributed by atoms with E-state index in [-0.39, 0.29) is 11.3 Å². The molecule has 1 aliphatic rings. The smallest absolute Gasteiger partial charge is 0.332 e. The molecular weight excluding hydrogens is 393 g/mol. The monoisotopic (exact) mass is 417 g/mol. The summed E-state index contributed by atoms with van der Waals surface area (Å²) in [5.74, 6) is -0.501. The number of alkyl halides is 3. The number of ether oxygens (including phenoxy) is 1. The normalized spacial score (nSPS) is 27.3. The van der Waals surface area contributed by atoms with Crippen molar-refractivity contribution in [2.75, 3.05) is 13.7 Å². The number of hydrogen-bond donors (Lipinski definition) is 0. The lowest BCUT2D eigenvalue weighted by molar-refractivity contribution is -0.142. The number of halogens is 3. The van der Waals surface area contributed by atoms with Crippen LogP contribution in [0.4, 0.5) is 0 Å². The van der Waals surface area contributed by atoms with Crippen LogP contribution in [-0.2, 0) is 16.0 Å². The average Bonchev–Trinajstić information content (AvgIpc) is 2.56. The van der Waals surface area contributed by atoms with Gasteiger partial charge in [0.2, 0.25) is 0 Å². The van der Waals surface area contributed by atoms with Gasteiger partial charge in [0, 0.05) is 6.54 Å². The van der Waals surface area contributed by atoms with Crippen LogP contribution < -0.4 is 0 Å². The molecule has 1 fully saturated rings. The molecule has 2 rings (SSSR count). The first-order chi connectivity index (χ1) is 12.0. The predicted octanol–water partition coefficient (Wildman–Crippen LogP) is 5.45. The molecular formula is C20H26Cl3NO2. The summed E-state index contributed by atoms with van der Waals surface area (Å²) < 4.78 is 3.67. The lowest BCUT2D eigenvalue weighted by atomic mass is 9.67. The Hall–Kier alpha value is -0.770. The number of benzene rings is 1. The van der Waals surface area contributed by atoms with Crippen LogP contribution >= 0.6 is 34.8 Å². The molecule has 0 bridgehead atoms. The van der Waals surface area contributed by atoms with Gasteiger partial charge in [0.25, 0.3) is 0 Å². The number of nitrogens with zero attached hydrogens (tertiary/aromatic N) is 1. The van der Waals surface area contributed by atoms with E-state index in [2.05, 4.69) is 25.8 Å². The predicted molar refractivity (Wildman–Crippen MR) is 110 cm³/mol. The van der Waals surface area contributed by atoms with E-state index in [1.807, 2.05) is 30.3 Å². The molecule has 1 aromatic rings. The highest BCUT2D eigenvalue weighted by molar-refractivity contribution is 6.65. The molecule has 2 unspecified atom stereocenters. The SMILES string of the molecule is COC(=O)C1(Cl)CC(C(C)(C)C)CC(Cl)(Cl)C1=NCCc1ccccc1. The highest BCUT2D eigenvalue weighted by Gasteiger charge is 2.58. The van der Waals surface area contributed by atoms with E-state index in [4.69, 9.17) is 39.5 Å². The van der Waals surface area contributed by atoms with E-state index in [0.717, 1.165) is 5.56 Å². The van der Waals surface area contributed by atoms with Crippen LogP contribution in [0.5, 0.6) is 0 Å². The van der Waals surface area contributed by atoms with E-state index in [0.29, 0.717) is 31.5 Å². The summed E-state index contributed by atoms with van der Waals surface area (Å²) in [5.41, 5.74) is 1.35. The third-order valence-corrected chi connectivity index (χ3v) is 6.15. The Morgan fingerprint density at radius 2 is 1.81 bits per heavy atom. The van der Waals surface area contributed by atoms with Crippen molar-refractivity contribution < 1.29 is 9.53 Å². The number of carbonyl (C=O) groups excluding carboxylic acids is 1. The quantitative estimate of drug-likeness (QED) is 0.481. The van der Waals surface area contributed by atoms with E-state index < -0.39 is 15.2 Å². The van der Waals surface area contributed by atoms with Gasteiger partial charge >= 0.3 is 5.97 Å². The molecule has 0 aliphatic heterocycles. The molecule has 0 amide bonds. The van der Waals surface area contributed by atoms with Gasteiger partial charge in [-0.1, -0.05) is 85.9 Å². The summed E-state index contributed by atoms with van der Waals surface area (Å²) in [7, 11) is 1.32. The van der Waals surface area contributed by atoms with E-state index in [1.54, 1.807) is 0 Å². The Bertz CT molecular complexity index is 667. The Morgan fingerprint density at radius 3 is 2.35 bits per heavy atom.